The van der Waals surface area contributed by atoms with Crippen molar-refractivity contribution in [3.8, 4) is 5.75 Å². The number of nitrogens with one attached hydrogen (secondary N) is 3. The van der Waals surface area contributed by atoms with Gasteiger partial charge in [0.2, 0.25) is 0 Å². The van der Waals surface area contributed by atoms with Crippen molar-refractivity contribution in [3.05, 3.63) is 41.6 Å². The summed E-state index contributed by atoms with van der Waals surface area (Å²) in [7, 11) is 1.63. The van der Waals surface area contributed by atoms with Crippen LogP contribution in [0.15, 0.2) is 36.0 Å². The molecular weight excluding hydrogens is 334 g/mol. The maximum atomic E-state index is 11.9. The third-order valence-electron chi connectivity index (χ3n) is 4.07. The highest BCUT2D eigenvalue weighted by Crippen LogP contribution is 2.22. The first kappa shape index (κ1) is 19.6. The average molecular weight is 361 g/mol. The fourth-order valence-corrected chi connectivity index (χ4v) is 2.73. The van der Waals surface area contributed by atoms with Crippen molar-refractivity contribution in [2.24, 2.45) is 0 Å². The molecule has 0 aliphatic carbocycles. The monoisotopic (exact) mass is 361 g/mol. The lowest BCUT2D eigenvalue weighted by atomic mass is 10.0. The number of urea groups is 1. The van der Waals surface area contributed by atoms with Gasteiger partial charge in [-0.15, -0.1) is 0 Å². The minimum Gasteiger partial charge on any atom is -0.497 e. The van der Waals surface area contributed by atoms with Gasteiger partial charge in [-0.1, -0.05) is 18.6 Å². The summed E-state index contributed by atoms with van der Waals surface area (Å²) in [6.07, 6.45) is 5.23. The van der Waals surface area contributed by atoms with Crippen LogP contribution in [-0.2, 0) is 4.74 Å². The van der Waals surface area contributed by atoms with Gasteiger partial charge in [0.1, 0.15) is 5.75 Å². The lowest BCUT2D eigenvalue weighted by Gasteiger charge is -2.24. The standard InChI is InChI=1S/C19H27N3O4/c1-3-26-19(24)20-12-6-4-5-7-15-13-17(22-18(23)21-15)14-8-10-16(25-2)11-9-14/h8-11,13,17H,3-7,12H2,1-2H3,(H,20,24)(H2,21,22,23)/t17-/m0/s1. The SMILES string of the molecule is CCOC(=O)NCCCCCC1=C[C@@H](c2ccc(OC)cc2)NC(=O)N1. The van der Waals surface area contributed by atoms with Gasteiger partial charge in [0.15, 0.2) is 0 Å². The van der Waals surface area contributed by atoms with Crippen molar-refractivity contribution < 1.29 is 19.1 Å². The Morgan fingerprint density at radius 1 is 1.19 bits per heavy atom. The molecule has 142 valence electrons. The first-order chi connectivity index (χ1) is 12.6. The lowest BCUT2D eigenvalue weighted by Crippen LogP contribution is -2.41. The van der Waals surface area contributed by atoms with Crippen LogP contribution in [0, 0.1) is 0 Å². The van der Waals surface area contributed by atoms with Crippen molar-refractivity contribution in [2.75, 3.05) is 20.3 Å². The zero-order chi connectivity index (χ0) is 18.8. The third-order valence-corrected chi connectivity index (χ3v) is 4.07. The molecule has 1 heterocycles. The minimum atomic E-state index is -0.372. The van der Waals surface area contributed by atoms with E-state index in [4.69, 9.17) is 9.47 Å². The maximum Gasteiger partial charge on any atom is 0.407 e. The Morgan fingerprint density at radius 2 is 1.96 bits per heavy atom. The summed E-state index contributed by atoms with van der Waals surface area (Å²) >= 11 is 0. The predicted octanol–water partition coefficient (Wildman–Crippen LogP) is 3.24. The Balaban J connectivity index is 1.77. The second-order valence-electron chi connectivity index (χ2n) is 6.00. The second-order valence-corrected chi connectivity index (χ2v) is 6.00. The van der Waals surface area contributed by atoms with Crippen molar-refractivity contribution in [2.45, 2.75) is 38.6 Å². The molecule has 26 heavy (non-hydrogen) atoms. The smallest absolute Gasteiger partial charge is 0.407 e. The van der Waals surface area contributed by atoms with E-state index in [1.807, 2.05) is 30.3 Å². The molecular formula is C19H27N3O4. The topological polar surface area (TPSA) is 88.7 Å². The highest BCUT2D eigenvalue weighted by molar-refractivity contribution is 5.78. The predicted molar refractivity (Wildman–Crippen MR) is 99.0 cm³/mol. The number of hydrogen-bond acceptors (Lipinski definition) is 4. The van der Waals surface area contributed by atoms with Gasteiger partial charge >= 0.3 is 12.1 Å². The molecule has 1 aromatic carbocycles. The van der Waals surface area contributed by atoms with Crippen LogP contribution in [0.3, 0.4) is 0 Å². The molecule has 3 N–H and O–H groups in total. The molecule has 1 aliphatic rings. The number of ether oxygens (including phenoxy) is 2. The summed E-state index contributed by atoms with van der Waals surface area (Å²) in [6.45, 7) is 2.75. The number of hydrogen-bond donors (Lipinski definition) is 3. The van der Waals surface area contributed by atoms with E-state index in [-0.39, 0.29) is 18.2 Å². The van der Waals surface area contributed by atoms with Gasteiger partial charge in [-0.3, -0.25) is 0 Å². The Kier molecular flexibility index (Phi) is 7.79. The molecule has 0 spiro atoms. The van der Waals surface area contributed by atoms with Crippen molar-refractivity contribution in [3.63, 3.8) is 0 Å². The van der Waals surface area contributed by atoms with Crippen molar-refractivity contribution >= 4 is 12.1 Å². The Morgan fingerprint density at radius 3 is 2.65 bits per heavy atom. The quantitative estimate of drug-likeness (QED) is 0.589. The van der Waals surface area contributed by atoms with Crippen LogP contribution in [-0.4, -0.2) is 32.4 Å². The molecule has 0 saturated heterocycles. The second kappa shape index (κ2) is 10.3. The number of allylic oxidation sites excluding steroid dienone is 1. The largest absolute Gasteiger partial charge is 0.497 e. The summed E-state index contributed by atoms with van der Waals surface area (Å²) in [5.41, 5.74) is 1.93. The van der Waals surface area contributed by atoms with Crippen LogP contribution >= 0.6 is 0 Å². The number of methoxy groups -OCH3 is 1. The molecule has 7 heteroatoms. The number of rotatable bonds is 9. The molecule has 0 aromatic heterocycles. The van der Waals surface area contributed by atoms with Crippen LogP contribution in [0.5, 0.6) is 5.75 Å². The van der Waals surface area contributed by atoms with Crippen LogP contribution in [0.2, 0.25) is 0 Å². The minimum absolute atomic E-state index is 0.143. The zero-order valence-electron chi connectivity index (χ0n) is 15.3. The third kappa shape index (κ3) is 6.31. The Hall–Kier alpha value is -2.70. The van der Waals surface area contributed by atoms with Gasteiger partial charge < -0.3 is 25.4 Å². The van der Waals surface area contributed by atoms with E-state index in [1.54, 1.807) is 14.0 Å². The Bertz CT molecular complexity index is 628. The molecule has 0 fully saturated rings. The van der Waals surface area contributed by atoms with E-state index in [1.165, 1.54) is 0 Å². The van der Waals surface area contributed by atoms with E-state index in [0.717, 1.165) is 42.7 Å². The summed E-state index contributed by atoms with van der Waals surface area (Å²) < 4.78 is 9.97. The van der Waals surface area contributed by atoms with E-state index in [0.29, 0.717) is 13.2 Å². The molecule has 0 saturated carbocycles. The highest BCUT2D eigenvalue weighted by Gasteiger charge is 2.19. The summed E-state index contributed by atoms with van der Waals surface area (Å²) in [5, 5.41) is 8.47. The zero-order valence-corrected chi connectivity index (χ0v) is 15.3. The molecule has 2 rings (SSSR count). The van der Waals surface area contributed by atoms with E-state index in [9.17, 15) is 9.59 Å². The summed E-state index contributed by atoms with van der Waals surface area (Å²) in [4.78, 5) is 23.1. The Labute approximate surface area is 154 Å². The summed E-state index contributed by atoms with van der Waals surface area (Å²) in [5.74, 6) is 0.787. The van der Waals surface area contributed by atoms with Crippen molar-refractivity contribution in [1.29, 1.82) is 0 Å². The van der Waals surface area contributed by atoms with Gasteiger partial charge in [0, 0.05) is 12.2 Å². The van der Waals surface area contributed by atoms with Crippen LogP contribution < -0.4 is 20.7 Å². The number of unbranched alkanes of at least 4 members (excludes halogenated alkanes) is 2. The van der Waals surface area contributed by atoms with E-state index in [2.05, 4.69) is 16.0 Å². The first-order valence-electron chi connectivity index (χ1n) is 8.95. The molecule has 0 bridgehead atoms. The van der Waals surface area contributed by atoms with Crippen LogP contribution in [0.25, 0.3) is 0 Å². The van der Waals surface area contributed by atoms with Gasteiger partial charge in [-0.2, -0.15) is 0 Å². The molecule has 0 radical (unpaired) electrons. The fourth-order valence-electron chi connectivity index (χ4n) is 2.73. The number of carbonyl (C=O) groups is 2. The van der Waals surface area contributed by atoms with Crippen LogP contribution in [0.4, 0.5) is 9.59 Å². The van der Waals surface area contributed by atoms with Gasteiger partial charge in [0.25, 0.3) is 0 Å². The van der Waals surface area contributed by atoms with Gasteiger partial charge in [-0.05, 0) is 50.0 Å². The molecule has 1 atom stereocenters. The fraction of sp³-hybridized carbons (Fsp3) is 0.474. The van der Waals surface area contributed by atoms with Crippen molar-refractivity contribution in [1.82, 2.24) is 16.0 Å². The molecule has 1 aromatic rings. The molecule has 1 aliphatic heterocycles. The molecule has 0 unspecified atom stereocenters. The maximum absolute atomic E-state index is 11.9. The first-order valence-corrected chi connectivity index (χ1v) is 8.95. The molecule has 3 amide bonds. The molecule has 7 nitrogen and oxygen atoms in total. The number of carbonyl (C=O) groups excluding carboxylic acids is 2. The normalized spacial score (nSPS) is 16.2. The summed E-state index contributed by atoms with van der Waals surface area (Å²) in [6, 6.07) is 7.33. The van der Waals surface area contributed by atoms with E-state index >= 15 is 0 Å². The number of alkyl carbamates (subject to hydrolysis) is 1. The lowest BCUT2D eigenvalue weighted by molar-refractivity contribution is 0.152. The van der Waals surface area contributed by atoms with Crippen LogP contribution in [0.1, 0.15) is 44.2 Å². The van der Waals surface area contributed by atoms with E-state index < -0.39 is 0 Å². The number of amides is 3. The number of benzene rings is 1. The van der Waals surface area contributed by atoms with Gasteiger partial charge in [0.05, 0.1) is 19.8 Å². The highest BCUT2D eigenvalue weighted by atomic mass is 16.5. The van der Waals surface area contributed by atoms with Gasteiger partial charge in [-0.25, -0.2) is 9.59 Å². The average Bonchev–Trinajstić information content (AvgIpc) is 2.64.